The Kier molecular flexibility index (Phi) is 7.32. The van der Waals surface area contributed by atoms with E-state index in [0.717, 1.165) is 71.2 Å². The monoisotopic (exact) mass is 363 g/mol. The molecule has 146 valence electrons. The molecule has 1 aromatic rings. The molecule has 0 amide bonds. The van der Waals surface area contributed by atoms with Gasteiger partial charge in [-0.05, 0) is 45.1 Å². The average molecular weight is 364 g/mol. The van der Waals surface area contributed by atoms with E-state index < -0.39 is 0 Å². The van der Waals surface area contributed by atoms with Gasteiger partial charge in [-0.15, -0.1) is 0 Å². The SMILES string of the molecule is CCNC(=NCCn1cc(C)cn1)N1CCC(OCC2CCCO2)CC1. The Balaban J connectivity index is 1.42. The lowest BCUT2D eigenvalue weighted by molar-refractivity contribution is -0.0367. The van der Waals surface area contributed by atoms with Crippen LogP contribution in [0.25, 0.3) is 0 Å². The van der Waals surface area contributed by atoms with Crippen molar-refractivity contribution in [2.24, 2.45) is 4.99 Å². The van der Waals surface area contributed by atoms with Crippen molar-refractivity contribution in [3.05, 3.63) is 18.0 Å². The van der Waals surface area contributed by atoms with E-state index >= 15 is 0 Å². The maximum Gasteiger partial charge on any atom is 0.193 e. The first kappa shape index (κ1) is 19.2. The third-order valence-corrected chi connectivity index (χ3v) is 4.97. The van der Waals surface area contributed by atoms with Gasteiger partial charge in [0, 0.05) is 32.4 Å². The van der Waals surface area contributed by atoms with Gasteiger partial charge in [-0.2, -0.15) is 5.10 Å². The highest BCUT2D eigenvalue weighted by Crippen LogP contribution is 2.17. The highest BCUT2D eigenvalue weighted by molar-refractivity contribution is 5.80. The van der Waals surface area contributed by atoms with Crippen molar-refractivity contribution in [1.29, 1.82) is 0 Å². The van der Waals surface area contributed by atoms with Gasteiger partial charge < -0.3 is 19.7 Å². The molecule has 0 radical (unpaired) electrons. The second kappa shape index (κ2) is 9.92. The highest BCUT2D eigenvalue weighted by atomic mass is 16.5. The van der Waals surface area contributed by atoms with Gasteiger partial charge in [-0.1, -0.05) is 0 Å². The number of aliphatic imine (C=N–C) groups is 1. The predicted octanol–water partition coefficient (Wildman–Crippen LogP) is 1.82. The average Bonchev–Trinajstić information content (AvgIpc) is 3.31. The number of aryl methyl sites for hydroxylation is 1. The number of piperidine rings is 1. The van der Waals surface area contributed by atoms with Gasteiger partial charge in [-0.3, -0.25) is 9.67 Å². The second-order valence-corrected chi connectivity index (χ2v) is 7.17. The van der Waals surface area contributed by atoms with Gasteiger partial charge in [0.15, 0.2) is 5.96 Å². The topological polar surface area (TPSA) is 63.9 Å². The molecule has 0 spiro atoms. The third kappa shape index (κ3) is 5.71. The smallest absolute Gasteiger partial charge is 0.193 e. The number of likely N-dealkylation sites (tertiary alicyclic amines) is 1. The lowest BCUT2D eigenvalue weighted by Crippen LogP contribution is -2.47. The van der Waals surface area contributed by atoms with Crippen molar-refractivity contribution >= 4 is 5.96 Å². The van der Waals surface area contributed by atoms with Crippen LogP contribution in [0.15, 0.2) is 17.4 Å². The van der Waals surface area contributed by atoms with Gasteiger partial charge >= 0.3 is 0 Å². The summed E-state index contributed by atoms with van der Waals surface area (Å²) < 4.78 is 13.7. The number of hydrogen-bond donors (Lipinski definition) is 1. The maximum absolute atomic E-state index is 6.07. The number of nitrogens with one attached hydrogen (secondary N) is 1. The zero-order chi connectivity index (χ0) is 18.2. The molecule has 1 N–H and O–H groups in total. The van der Waals surface area contributed by atoms with E-state index in [1.165, 1.54) is 12.0 Å². The first-order chi connectivity index (χ1) is 12.7. The summed E-state index contributed by atoms with van der Waals surface area (Å²) in [6.07, 6.45) is 9.03. The van der Waals surface area contributed by atoms with Gasteiger partial charge in [0.05, 0.1) is 38.1 Å². The fourth-order valence-corrected chi connectivity index (χ4v) is 3.53. The molecular formula is C19H33N5O2. The standard InChI is InChI=1S/C19H33N5O2/c1-3-20-19(21-8-11-24-14-16(2)13-22-24)23-9-6-17(7-10-23)26-15-18-5-4-12-25-18/h13-14,17-18H,3-12,15H2,1-2H3,(H,20,21). The van der Waals surface area contributed by atoms with Crippen LogP contribution >= 0.6 is 0 Å². The van der Waals surface area contributed by atoms with Gasteiger partial charge in [-0.25, -0.2) is 0 Å². The molecule has 1 atom stereocenters. The number of aromatic nitrogens is 2. The van der Waals surface area contributed by atoms with Crippen molar-refractivity contribution in [3.8, 4) is 0 Å². The van der Waals surface area contributed by atoms with Crippen molar-refractivity contribution in [2.45, 2.75) is 58.3 Å². The molecular weight excluding hydrogens is 330 g/mol. The Morgan fingerprint density at radius 2 is 2.23 bits per heavy atom. The Labute approximate surface area is 156 Å². The van der Waals surface area contributed by atoms with Gasteiger partial charge in [0.25, 0.3) is 0 Å². The number of guanidine groups is 1. The van der Waals surface area contributed by atoms with E-state index in [2.05, 4.69) is 35.4 Å². The van der Waals surface area contributed by atoms with Crippen LogP contribution in [0.1, 0.15) is 38.2 Å². The molecule has 2 aliphatic heterocycles. The molecule has 2 saturated heterocycles. The molecule has 0 aromatic carbocycles. The summed E-state index contributed by atoms with van der Waals surface area (Å²) in [5.41, 5.74) is 1.19. The Hall–Kier alpha value is -1.60. The zero-order valence-corrected chi connectivity index (χ0v) is 16.2. The quantitative estimate of drug-likeness (QED) is 0.591. The zero-order valence-electron chi connectivity index (χ0n) is 16.2. The van der Waals surface area contributed by atoms with Crippen molar-refractivity contribution in [1.82, 2.24) is 20.0 Å². The molecule has 1 aromatic heterocycles. The molecule has 1 unspecified atom stereocenters. The molecule has 26 heavy (non-hydrogen) atoms. The second-order valence-electron chi connectivity index (χ2n) is 7.17. The molecule has 7 heteroatoms. The summed E-state index contributed by atoms with van der Waals surface area (Å²) >= 11 is 0. The van der Waals surface area contributed by atoms with Crippen LogP contribution in [0, 0.1) is 6.92 Å². The number of ether oxygens (including phenoxy) is 2. The molecule has 2 aliphatic rings. The minimum absolute atomic E-state index is 0.317. The lowest BCUT2D eigenvalue weighted by atomic mass is 10.1. The van der Waals surface area contributed by atoms with E-state index in [0.29, 0.717) is 12.2 Å². The van der Waals surface area contributed by atoms with Crippen LogP contribution < -0.4 is 5.32 Å². The molecule has 7 nitrogen and oxygen atoms in total. The van der Waals surface area contributed by atoms with E-state index in [9.17, 15) is 0 Å². The molecule has 0 bridgehead atoms. The van der Waals surface area contributed by atoms with Crippen molar-refractivity contribution < 1.29 is 9.47 Å². The summed E-state index contributed by atoms with van der Waals surface area (Å²) in [7, 11) is 0. The first-order valence-electron chi connectivity index (χ1n) is 10.00. The third-order valence-electron chi connectivity index (χ3n) is 4.97. The van der Waals surface area contributed by atoms with E-state index in [-0.39, 0.29) is 0 Å². The molecule has 3 heterocycles. The number of rotatable bonds is 7. The minimum Gasteiger partial charge on any atom is -0.376 e. The predicted molar refractivity (Wildman–Crippen MR) is 102 cm³/mol. The maximum atomic E-state index is 6.07. The van der Waals surface area contributed by atoms with E-state index in [1.807, 2.05) is 10.9 Å². The van der Waals surface area contributed by atoms with Crippen molar-refractivity contribution in [3.63, 3.8) is 0 Å². The Morgan fingerprint density at radius 3 is 2.88 bits per heavy atom. The van der Waals surface area contributed by atoms with E-state index in [4.69, 9.17) is 14.5 Å². The fourth-order valence-electron chi connectivity index (χ4n) is 3.53. The van der Waals surface area contributed by atoms with Crippen LogP contribution in [0.5, 0.6) is 0 Å². The normalized spacial score (nSPS) is 22.2. The number of nitrogens with zero attached hydrogens (tertiary/aromatic N) is 4. The Morgan fingerprint density at radius 1 is 1.38 bits per heavy atom. The van der Waals surface area contributed by atoms with E-state index in [1.54, 1.807) is 0 Å². The first-order valence-corrected chi connectivity index (χ1v) is 10.00. The van der Waals surface area contributed by atoms with Crippen molar-refractivity contribution in [2.75, 3.05) is 39.4 Å². The fraction of sp³-hybridized carbons (Fsp3) is 0.789. The largest absolute Gasteiger partial charge is 0.376 e. The van der Waals surface area contributed by atoms with Gasteiger partial charge in [0.2, 0.25) is 0 Å². The highest BCUT2D eigenvalue weighted by Gasteiger charge is 2.24. The summed E-state index contributed by atoms with van der Waals surface area (Å²) in [5, 5.41) is 7.74. The molecule has 2 fully saturated rings. The van der Waals surface area contributed by atoms with Crippen LogP contribution in [-0.4, -0.2) is 72.2 Å². The molecule has 3 rings (SSSR count). The molecule has 0 saturated carbocycles. The number of hydrogen-bond acceptors (Lipinski definition) is 4. The van der Waals surface area contributed by atoms with Crippen LogP contribution in [0.2, 0.25) is 0 Å². The summed E-state index contributed by atoms with van der Waals surface area (Å²) in [6.45, 7) is 10.2. The Bertz CT molecular complexity index is 560. The summed E-state index contributed by atoms with van der Waals surface area (Å²) in [4.78, 5) is 7.14. The van der Waals surface area contributed by atoms with Crippen LogP contribution in [0.3, 0.4) is 0 Å². The minimum atomic E-state index is 0.317. The lowest BCUT2D eigenvalue weighted by Gasteiger charge is -2.34. The summed E-state index contributed by atoms with van der Waals surface area (Å²) in [6, 6.07) is 0. The van der Waals surface area contributed by atoms with Crippen LogP contribution in [-0.2, 0) is 16.0 Å². The molecule has 0 aliphatic carbocycles. The van der Waals surface area contributed by atoms with Crippen LogP contribution in [0.4, 0.5) is 0 Å². The summed E-state index contributed by atoms with van der Waals surface area (Å²) in [5.74, 6) is 1.01. The van der Waals surface area contributed by atoms with Gasteiger partial charge in [0.1, 0.15) is 0 Å².